The molecule has 0 aromatic heterocycles. The molecule has 6 heteroatoms. The molecule has 0 heterocycles. The van der Waals surface area contributed by atoms with Gasteiger partial charge in [-0.3, -0.25) is 4.79 Å². The van der Waals surface area contributed by atoms with E-state index in [1.807, 2.05) is 12.1 Å². The van der Waals surface area contributed by atoms with Gasteiger partial charge < -0.3 is 10.6 Å². The molecule has 0 unspecified atom stereocenters. The van der Waals surface area contributed by atoms with E-state index in [1.54, 1.807) is 19.2 Å². The number of halogens is 3. The number of hydrogen-bond acceptors (Lipinski definition) is 2. The minimum absolute atomic E-state index is 0.0278. The van der Waals surface area contributed by atoms with Gasteiger partial charge in [0.05, 0.1) is 10.0 Å². The van der Waals surface area contributed by atoms with Crippen LogP contribution in [0.5, 0.6) is 0 Å². The summed E-state index contributed by atoms with van der Waals surface area (Å²) in [5, 5.41) is 5.60. The molecule has 0 aliphatic heterocycles. The number of carbonyl (C=O) groups is 1. The minimum Gasteiger partial charge on any atom is -0.381 e. The fourth-order valence-electron chi connectivity index (χ4n) is 1.78. The van der Waals surface area contributed by atoms with Crippen LogP contribution in [0.1, 0.15) is 15.9 Å². The van der Waals surface area contributed by atoms with Gasteiger partial charge in [-0.2, -0.15) is 0 Å². The van der Waals surface area contributed by atoms with E-state index in [0.29, 0.717) is 17.8 Å². The quantitative estimate of drug-likeness (QED) is 0.830. The van der Waals surface area contributed by atoms with E-state index in [9.17, 15) is 9.18 Å². The van der Waals surface area contributed by atoms with Crippen LogP contribution < -0.4 is 10.6 Å². The van der Waals surface area contributed by atoms with Gasteiger partial charge in [-0.05, 0) is 29.8 Å². The Bertz CT molecular complexity index is 636. The summed E-state index contributed by atoms with van der Waals surface area (Å²) < 4.78 is 13.3. The lowest BCUT2D eigenvalue weighted by Gasteiger charge is -2.09. The molecular formula is C15H13Cl2FN2O. The summed E-state index contributed by atoms with van der Waals surface area (Å²) in [7, 11) is 1.58. The normalized spacial score (nSPS) is 10.3. The molecule has 2 aromatic rings. The smallest absolute Gasteiger partial charge is 0.251 e. The zero-order valence-electron chi connectivity index (χ0n) is 11.2. The molecule has 110 valence electrons. The highest BCUT2D eigenvalue weighted by atomic mass is 35.5. The molecule has 0 fully saturated rings. The van der Waals surface area contributed by atoms with Crippen molar-refractivity contribution in [2.45, 2.75) is 6.54 Å². The van der Waals surface area contributed by atoms with E-state index >= 15 is 0 Å². The van der Waals surface area contributed by atoms with Crippen molar-refractivity contribution >= 4 is 34.8 Å². The highest BCUT2D eigenvalue weighted by Gasteiger charge is 2.07. The summed E-state index contributed by atoms with van der Waals surface area (Å²) >= 11 is 11.5. The van der Waals surface area contributed by atoms with Crippen molar-refractivity contribution in [3.05, 3.63) is 63.4 Å². The lowest BCUT2D eigenvalue weighted by molar-refractivity contribution is 0.0963. The molecule has 0 radical (unpaired) electrons. The third-order valence-corrected chi connectivity index (χ3v) is 3.47. The monoisotopic (exact) mass is 326 g/mol. The third kappa shape index (κ3) is 3.86. The van der Waals surface area contributed by atoms with E-state index < -0.39 is 5.82 Å². The molecular weight excluding hydrogens is 314 g/mol. The molecule has 21 heavy (non-hydrogen) atoms. The number of rotatable bonds is 4. The van der Waals surface area contributed by atoms with Crippen molar-refractivity contribution in [2.75, 3.05) is 12.4 Å². The Morgan fingerprint density at radius 1 is 1.14 bits per heavy atom. The number of hydrogen-bond donors (Lipinski definition) is 2. The Balaban J connectivity index is 2.05. The van der Waals surface area contributed by atoms with Gasteiger partial charge in [0.1, 0.15) is 0 Å². The average molecular weight is 327 g/mol. The van der Waals surface area contributed by atoms with Crippen molar-refractivity contribution in [3.63, 3.8) is 0 Å². The molecule has 0 saturated heterocycles. The first-order valence-electron chi connectivity index (χ1n) is 6.20. The number of benzene rings is 2. The standard InChI is InChI=1S/C15H13Cl2FN2O/c1-19-15(21)10-4-2-9(3-5-10)8-20-11-6-12(16)14(18)13(17)7-11/h2-7,20H,8H2,1H3,(H,19,21). The molecule has 0 saturated carbocycles. The van der Waals surface area contributed by atoms with E-state index in [4.69, 9.17) is 23.2 Å². The molecule has 0 aliphatic carbocycles. The molecule has 1 amide bonds. The topological polar surface area (TPSA) is 41.1 Å². The molecule has 0 bridgehead atoms. The van der Waals surface area contributed by atoms with Crippen LogP contribution in [0.25, 0.3) is 0 Å². The second kappa shape index (κ2) is 6.78. The average Bonchev–Trinajstić information content (AvgIpc) is 2.50. The van der Waals surface area contributed by atoms with E-state index in [1.165, 1.54) is 12.1 Å². The van der Waals surface area contributed by atoms with Gasteiger partial charge in [-0.15, -0.1) is 0 Å². The van der Waals surface area contributed by atoms with Gasteiger partial charge in [-0.25, -0.2) is 4.39 Å². The van der Waals surface area contributed by atoms with E-state index in [0.717, 1.165) is 5.56 Å². The predicted molar refractivity (Wildman–Crippen MR) is 83.6 cm³/mol. The van der Waals surface area contributed by atoms with Crippen LogP contribution in [0.15, 0.2) is 36.4 Å². The highest BCUT2D eigenvalue weighted by molar-refractivity contribution is 6.35. The van der Waals surface area contributed by atoms with Gasteiger partial charge in [0.2, 0.25) is 0 Å². The zero-order chi connectivity index (χ0) is 15.4. The SMILES string of the molecule is CNC(=O)c1ccc(CNc2cc(Cl)c(F)c(Cl)c2)cc1. The Hall–Kier alpha value is -1.78. The van der Waals surface area contributed by atoms with Crippen LogP contribution in [0.3, 0.4) is 0 Å². The van der Waals surface area contributed by atoms with Gasteiger partial charge in [-0.1, -0.05) is 35.3 Å². The Morgan fingerprint density at radius 3 is 2.24 bits per heavy atom. The molecule has 3 nitrogen and oxygen atoms in total. The van der Waals surface area contributed by atoms with E-state index in [2.05, 4.69) is 10.6 Å². The Labute approximate surface area is 132 Å². The molecule has 2 rings (SSSR count). The van der Waals surface area contributed by atoms with Gasteiger partial charge in [0.25, 0.3) is 5.91 Å². The van der Waals surface area contributed by atoms with Crippen LogP contribution in [0.2, 0.25) is 10.0 Å². The number of nitrogens with one attached hydrogen (secondary N) is 2. The minimum atomic E-state index is -0.626. The van der Waals surface area contributed by atoms with Crippen LogP contribution in [-0.2, 0) is 6.54 Å². The highest BCUT2D eigenvalue weighted by Crippen LogP contribution is 2.27. The summed E-state index contributed by atoms with van der Waals surface area (Å²) in [4.78, 5) is 11.4. The molecule has 2 N–H and O–H groups in total. The summed E-state index contributed by atoms with van der Waals surface area (Å²) in [6.45, 7) is 0.506. The fourth-order valence-corrected chi connectivity index (χ4v) is 2.27. The van der Waals surface area contributed by atoms with Crippen LogP contribution >= 0.6 is 23.2 Å². The van der Waals surface area contributed by atoms with Gasteiger partial charge >= 0.3 is 0 Å². The summed E-state index contributed by atoms with van der Waals surface area (Å²) in [5.41, 5.74) is 2.19. The molecule has 0 atom stereocenters. The first kappa shape index (κ1) is 15.6. The van der Waals surface area contributed by atoms with Crippen LogP contribution in [0, 0.1) is 5.82 Å². The van der Waals surface area contributed by atoms with Crippen LogP contribution in [-0.4, -0.2) is 13.0 Å². The Kier molecular flexibility index (Phi) is 5.04. The van der Waals surface area contributed by atoms with Crippen molar-refractivity contribution in [1.29, 1.82) is 0 Å². The van der Waals surface area contributed by atoms with E-state index in [-0.39, 0.29) is 16.0 Å². The third-order valence-electron chi connectivity index (χ3n) is 2.92. The summed E-state index contributed by atoms with van der Waals surface area (Å²) in [6, 6.07) is 10.1. The molecule has 0 spiro atoms. The zero-order valence-corrected chi connectivity index (χ0v) is 12.7. The van der Waals surface area contributed by atoms with Crippen molar-refractivity contribution in [1.82, 2.24) is 5.32 Å². The summed E-state index contributed by atoms with van der Waals surface area (Å²) in [6.07, 6.45) is 0. The largest absolute Gasteiger partial charge is 0.381 e. The first-order chi connectivity index (χ1) is 10.0. The van der Waals surface area contributed by atoms with Crippen molar-refractivity contribution in [2.24, 2.45) is 0 Å². The second-order valence-electron chi connectivity index (χ2n) is 4.38. The Morgan fingerprint density at radius 2 is 1.71 bits per heavy atom. The second-order valence-corrected chi connectivity index (χ2v) is 5.20. The number of anilines is 1. The number of carbonyl (C=O) groups excluding carboxylic acids is 1. The van der Waals surface area contributed by atoms with Crippen molar-refractivity contribution < 1.29 is 9.18 Å². The molecule has 0 aliphatic rings. The van der Waals surface area contributed by atoms with Gasteiger partial charge in [0, 0.05) is 24.8 Å². The fraction of sp³-hybridized carbons (Fsp3) is 0.133. The maximum atomic E-state index is 13.3. The first-order valence-corrected chi connectivity index (χ1v) is 6.96. The summed E-state index contributed by atoms with van der Waals surface area (Å²) in [5.74, 6) is -0.759. The van der Waals surface area contributed by atoms with Crippen LogP contribution in [0.4, 0.5) is 10.1 Å². The van der Waals surface area contributed by atoms with Gasteiger partial charge in [0.15, 0.2) is 5.82 Å². The maximum Gasteiger partial charge on any atom is 0.251 e. The maximum absolute atomic E-state index is 13.3. The van der Waals surface area contributed by atoms with Crippen molar-refractivity contribution in [3.8, 4) is 0 Å². The lowest BCUT2D eigenvalue weighted by Crippen LogP contribution is -2.17. The number of amides is 1. The lowest BCUT2D eigenvalue weighted by atomic mass is 10.1. The molecule has 2 aromatic carbocycles. The predicted octanol–water partition coefficient (Wildman–Crippen LogP) is 4.10.